The van der Waals surface area contributed by atoms with Crippen LogP contribution in [0.3, 0.4) is 0 Å². The van der Waals surface area contributed by atoms with Crippen molar-refractivity contribution in [1.82, 2.24) is 20.2 Å². The van der Waals surface area contributed by atoms with Crippen molar-refractivity contribution < 1.29 is 4.79 Å². The lowest BCUT2D eigenvalue weighted by atomic mass is 10.2. The van der Waals surface area contributed by atoms with Gasteiger partial charge in [-0.15, -0.1) is 11.3 Å². The fraction of sp³-hybridized carbons (Fsp3) is 0.611. The summed E-state index contributed by atoms with van der Waals surface area (Å²) in [5.41, 5.74) is 0.876. The Labute approximate surface area is 152 Å². The molecule has 0 saturated heterocycles. The van der Waals surface area contributed by atoms with Crippen LogP contribution in [-0.2, 0) is 11.2 Å². The topological polar surface area (TPSA) is 78.1 Å². The number of H-pyrrole nitrogens is 1. The molecule has 0 saturated carbocycles. The summed E-state index contributed by atoms with van der Waals surface area (Å²) in [7, 11) is 0. The first kappa shape index (κ1) is 19.6. The Kier molecular flexibility index (Phi) is 6.72. The fourth-order valence-corrected chi connectivity index (χ4v) is 4.02. The number of carbonyl (C=O) groups excluding carboxylic acids is 1. The molecular formula is C18H28N4O2S. The Morgan fingerprint density at radius 2 is 2.00 bits per heavy atom. The van der Waals surface area contributed by atoms with Crippen LogP contribution >= 0.6 is 11.3 Å². The maximum Gasteiger partial charge on any atom is 0.259 e. The van der Waals surface area contributed by atoms with Gasteiger partial charge in [-0.1, -0.05) is 13.8 Å². The number of nitrogens with one attached hydrogen (secondary N) is 2. The quantitative estimate of drug-likeness (QED) is 0.754. The van der Waals surface area contributed by atoms with Crippen LogP contribution < -0.4 is 10.9 Å². The van der Waals surface area contributed by atoms with Gasteiger partial charge < -0.3 is 10.3 Å². The summed E-state index contributed by atoms with van der Waals surface area (Å²) in [6.45, 7) is 12.9. The summed E-state index contributed by atoms with van der Waals surface area (Å²) in [6, 6.07) is 0.310. The number of fused-ring (bicyclic) bond motifs is 1. The molecule has 2 aromatic heterocycles. The molecule has 0 aliphatic heterocycles. The molecule has 0 radical (unpaired) electrons. The predicted octanol–water partition coefficient (Wildman–Crippen LogP) is 2.38. The summed E-state index contributed by atoms with van der Waals surface area (Å²) in [5.74, 6) is 0.561. The Hall–Kier alpha value is -1.73. The van der Waals surface area contributed by atoms with E-state index in [2.05, 4.69) is 41.0 Å². The molecule has 138 valence electrons. The Balaban J connectivity index is 1.94. The number of amides is 1. The van der Waals surface area contributed by atoms with Gasteiger partial charge >= 0.3 is 0 Å². The van der Waals surface area contributed by atoms with Gasteiger partial charge in [-0.2, -0.15) is 0 Å². The van der Waals surface area contributed by atoms with Gasteiger partial charge in [0.05, 0.1) is 5.39 Å². The first-order valence-electron chi connectivity index (χ1n) is 8.86. The zero-order chi connectivity index (χ0) is 18.6. The maximum atomic E-state index is 12.2. The van der Waals surface area contributed by atoms with E-state index in [1.165, 1.54) is 11.3 Å². The number of likely N-dealkylation sites (N-methyl/N-ethyl adjacent to an activating group) is 1. The molecule has 0 fully saturated rings. The maximum absolute atomic E-state index is 12.2. The van der Waals surface area contributed by atoms with E-state index in [-0.39, 0.29) is 11.5 Å². The van der Waals surface area contributed by atoms with Crippen molar-refractivity contribution in [1.29, 1.82) is 0 Å². The second-order valence-corrected chi connectivity index (χ2v) is 7.55. The standard InChI is InChI=1S/C18H28N4O2S/c1-6-22(7-2)11(3)10-19-15(23)9-8-14-20-17(24)16-12(4)13(5)25-18(16)21-14/h11H,6-10H2,1-5H3,(H,19,23)(H,20,21,24)/t11-/m0/s1. The van der Waals surface area contributed by atoms with Gasteiger partial charge in [0.1, 0.15) is 10.7 Å². The summed E-state index contributed by atoms with van der Waals surface area (Å²) in [5, 5.41) is 3.64. The Bertz CT molecular complexity index is 792. The van der Waals surface area contributed by atoms with Gasteiger partial charge in [0, 0.05) is 30.3 Å². The molecule has 0 unspecified atom stereocenters. The molecule has 7 heteroatoms. The second-order valence-electron chi connectivity index (χ2n) is 6.35. The van der Waals surface area contributed by atoms with Gasteiger partial charge in [0.15, 0.2) is 0 Å². The summed E-state index contributed by atoms with van der Waals surface area (Å²) < 4.78 is 0. The van der Waals surface area contributed by atoms with Crippen LogP contribution in [0, 0.1) is 13.8 Å². The van der Waals surface area contributed by atoms with Crippen molar-refractivity contribution >= 4 is 27.5 Å². The normalized spacial score (nSPS) is 12.7. The van der Waals surface area contributed by atoms with E-state index in [1.807, 2.05) is 13.8 Å². The van der Waals surface area contributed by atoms with Crippen molar-refractivity contribution in [2.24, 2.45) is 0 Å². The molecule has 25 heavy (non-hydrogen) atoms. The van der Waals surface area contributed by atoms with E-state index >= 15 is 0 Å². The van der Waals surface area contributed by atoms with E-state index in [4.69, 9.17) is 0 Å². The van der Waals surface area contributed by atoms with Crippen LogP contribution in [0.15, 0.2) is 4.79 Å². The zero-order valence-electron chi connectivity index (χ0n) is 15.7. The minimum Gasteiger partial charge on any atom is -0.355 e. The van der Waals surface area contributed by atoms with Crippen LogP contribution in [0.4, 0.5) is 0 Å². The first-order valence-corrected chi connectivity index (χ1v) is 9.68. The molecule has 1 amide bonds. The molecule has 2 heterocycles. The van der Waals surface area contributed by atoms with Crippen molar-refractivity contribution in [3.05, 3.63) is 26.6 Å². The molecule has 0 spiro atoms. The molecule has 1 atom stereocenters. The highest BCUT2D eigenvalue weighted by Crippen LogP contribution is 2.25. The van der Waals surface area contributed by atoms with E-state index < -0.39 is 0 Å². The van der Waals surface area contributed by atoms with Crippen molar-refractivity contribution in [2.45, 2.75) is 53.5 Å². The number of rotatable bonds is 8. The second kappa shape index (κ2) is 8.58. The largest absolute Gasteiger partial charge is 0.355 e. The van der Waals surface area contributed by atoms with Crippen LogP contribution in [0.1, 0.15) is 43.5 Å². The number of carbonyl (C=O) groups is 1. The third-order valence-electron chi connectivity index (χ3n) is 4.71. The van der Waals surface area contributed by atoms with E-state index in [0.29, 0.717) is 36.6 Å². The van der Waals surface area contributed by atoms with Gasteiger partial charge in [0.25, 0.3) is 5.56 Å². The number of nitrogens with zero attached hydrogens (tertiary/aromatic N) is 2. The summed E-state index contributed by atoms with van der Waals surface area (Å²) >= 11 is 1.53. The lowest BCUT2D eigenvalue weighted by Gasteiger charge is -2.26. The van der Waals surface area contributed by atoms with Crippen LogP contribution in [-0.4, -0.2) is 46.5 Å². The first-order chi connectivity index (χ1) is 11.9. The lowest BCUT2D eigenvalue weighted by Crippen LogP contribution is -2.42. The molecule has 2 N–H and O–H groups in total. The number of hydrogen-bond acceptors (Lipinski definition) is 5. The molecular weight excluding hydrogens is 336 g/mol. The van der Waals surface area contributed by atoms with E-state index in [1.54, 1.807) is 0 Å². The SMILES string of the molecule is CCN(CC)[C@@H](C)CNC(=O)CCc1nc2sc(C)c(C)c2c(=O)[nH]1. The third-order valence-corrected chi connectivity index (χ3v) is 5.81. The van der Waals surface area contributed by atoms with Crippen LogP contribution in [0.2, 0.25) is 0 Å². The minimum atomic E-state index is -0.114. The highest BCUT2D eigenvalue weighted by Gasteiger charge is 2.14. The Morgan fingerprint density at radius 1 is 1.32 bits per heavy atom. The third kappa shape index (κ3) is 4.67. The molecule has 6 nitrogen and oxygen atoms in total. The molecule has 0 aliphatic rings. The zero-order valence-corrected chi connectivity index (χ0v) is 16.5. The van der Waals surface area contributed by atoms with Crippen LogP contribution in [0.5, 0.6) is 0 Å². The number of aromatic nitrogens is 2. The average molecular weight is 365 g/mol. The molecule has 0 aromatic carbocycles. The fourth-order valence-electron chi connectivity index (χ4n) is 2.98. The number of thiophene rings is 1. The average Bonchev–Trinajstić information content (AvgIpc) is 2.86. The van der Waals surface area contributed by atoms with E-state index in [9.17, 15) is 9.59 Å². The minimum absolute atomic E-state index is 0.0136. The Morgan fingerprint density at radius 3 is 2.64 bits per heavy atom. The highest BCUT2D eigenvalue weighted by molar-refractivity contribution is 7.18. The lowest BCUT2D eigenvalue weighted by molar-refractivity contribution is -0.121. The number of aryl methyl sites for hydroxylation is 3. The van der Waals surface area contributed by atoms with Crippen molar-refractivity contribution in [2.75, 3.05) is 19.6 Å². The molecule has 2 rings (SSSR count). The summed E-state index contributed by atoms with van der Waals surface area (Å²) in [4.78, 5) is 35.8. The smallest absolute Gasteiger partial charge is 0.259 e. The van der Waals surface area contributed by atoms with Gasteiger partial charge in [-0.3, -0.25) is 14.5 Å². The van der Waals surface area contributed by atoms with Gasteiger partial charge in [-0.05, 0) is 39.4 Å². The summed E-state index contributed by atoms with van der Waals surface area (Å²) in [6.07, 6.45) is 0.759. The molecule has 2 aromatic rings. The monoisotopic (exact) mass is 364 g/mol. The highest BCUT2D eigenvalue weighted by atomic mass is 32.1. The number of aromatic amines is 1. The van der Waals surface area contributed by atoms with Crippen molar-refractivity contribution in [3.8, 4) is 0 Å². The number of hydrogen-bond donors (Lipinski definition) is 2. The van der Waals surface area contributed by atoms with Crippen LogP contribution in [0.25, 0.3) is 10.2 Å². The predicted molar refractivity (Wildman–Crippen MR) is 103 cm³/mol. The molecule has 0 bridgehead atoms. The van der Waals surface area contributed by atoms with Crippen molar-refractivity contribution in [3.63, 3.8) is 0 Å². The van der Waals surface area contributed by atoms with Gasteiger partial charge in [0.2, 0.25) is 5.91 Å². The molecule has 0 aliphatic carbocycles. The van der Waals surface area contributed by atoms with Gasteiger partial charge in [-0.25, -0.2) is 4.98 Å². The van der Waals surface area contributed by atoms with E-state index in [0.717, 1.165) is 28.4 Å².